The molecule has 82 valence electrons. The minimum absolute atomic E-state index is 0.438. The molecule has 0 saturated heterocycles. The summed E-state index contributed by atoms with van der Waals surface area (Å²) in [5.74, 6) is 1.05. The van der Waals surface area contributed by atoms with E-state index in [-0.39, 0.29) is 0 Å². The molecular formula is C12H24N2. The third kappa shape index (κ3) is 2.71. The van der Waals surface area contributed by atoms with Gasteiger partial charge in [-0.15, -0.1) is 0 Å². The van der Waals surface area contributed by atoms with Crippen LogP contribution in [0.5, 0.6) is 0 Å². The highest BCUT2D eigenvalue weighted by molar-refractivity contribution is 4.85. The molecular weight excluding hydrogens is 172 g/mol. The van der Waals surface area contributed by atoms with E-state index in [2.05, 4.69) is 11.9 Å². The minimum Gasteiger partial charge on any atom is -0.326 e. The first-order chi connectivity index (χ1) is 6.77. The second kappa shape index (κ2) is 4.63. The predicted molar refractivity (Wildman–Crippen MR) is 60.2 cm³/mol. The molecule has 14 heavy (non-hydrogen) atoms. The highest BCUT2D eigenvalue weighted by Gasteiger charge is 2.27. The Labute approximate surface area is 87.8 Å². The quantitative estimate of drug-likeness (QED) is 0.745. The summed E-state index contributed by atoms with van der Waals surface area (Å²) in [5, 5.41) is 0. The Hall–Kier alpha value is -0.0800. The molecule has 2 heteroatoms. The van der Waals surface area contributed by atoms with Crippen molar-refractivity contribution in [2.24, 2.45) is 11.7 Å². The summed E-state index contributed by atoms with van der Waals surface area (Å²) in [4.78, 5) is 2.52. The van der Waals surface area contributed by atoms with Crippen molar-refractivity contribution >= 4 is 0 Å². The zero-order valence-electron chi connectivity index (χ0n) is 9.41. The second-order valence-electron chi connectivity index (χ2n) is 5.23. The van der Waals surface area contributed by atoms with Crippen molar-refractivity contribution in [2.45, 2.75) is 57.0 Å². The van der Waals surface area contributed by atoms with Crippen LogP contribution in [0.1, 0.15) is 44.9 Å². The molecule has 2 nitrogen and oxygen atoms in total. The SMILES string of the molecule is CN(CCC1CC1)C1CCCCC1N. The lowest BCUT2D eigenvalue weighted by molar-refractivity contribution is 0.165. The molecule has 0 aliphatic heterocycles. The monoisotopic (exact) mass is 196 g/mol. The molecule has 2 fully saturated rings. The minimum atomic E-state index is 0.438. The van der Waals surface area contributed by atoms with Gasteiger partial charge in [-0.1, -0.05) is 25.7 Å². The van der Waals surface area contributed by atoms with Gasteiger partial charge in [-0.25, -0.2) is 0 Å². The van der Waals surface area contributed by atoms with Crippen molar-refractivity contribution in [2.75, 3.05) is 13.6 Å². The highest BCUT2D eigenvalue weighted by atomic mass is 15.1. The molecule has 0 bridgehead atoms. The van der Waals surface area contributed by atoms with Gasteiger partial charge in [0.25, 0.3) is 0 Å². The van der Waals surface area contributed by atoms with E-state index >= 15 is 0 Å². The standard InChI is InChI=1S/C12H24N2/c1-14(9-8-10-6-7-10)12-5-3-2-4-11(12)13/h10-12H,2-9,13H2,1H3. The van der Waals surface area contributed by atoms with Crippen LogP contribution in [0.4, 0.5) is 0 Å². The van der Waals surface area contributed by atoms with Crippen LogP contribution in [0.3, 0.4) is 0 Å². The topological polar surface area (TPSA) is 29.3 Å². The molecule has 2 rings (SSSR count). The van der Waals surface area contributed by atoms with Gasteiger partial charge < -0.3 is 10.6 Å². The van der Waals surface area contributed by atoms with Gasteiger partial charge in [-0.05, 0) is 38.8 Å². The van der Waals surface area contributed by atoms with E-state index in [1.807, 2.05) is 0 Å². The average molecular weight is 196 g/mol. The average Bonchev–Trinajstić information content (AvgIpc) is 2.98. The maximum absolute atomic E-state index is 6.16. The van der Waals surface area contributed by atoms with E-state index in [1.165, 1.54) is 51.5 Å². The van der Waals surface area contributed by atoms with Gasteiger partial charge in [0.2, 0.25) is 0 Å². The lowest BCUT2D eigenvalue weighted by Gasteiger charge is -2.36. The zero-order chi connectivity index (χ0) is 9.97. The summed E-state index contributed by atoms with van der Waals surface area (Å²) in [7, 11) is 2.26. The molecule has 2 aliphatic carbocycles. The lowest BCUT2D eigenvalue weighted by atomic mass is 9.90. The van der Waals surface area contributed by atoms with Crippen LogP contribution < -0.4 is 5.73 Å². The fraction of sp³-hybridized carbons (Fsp3) is 1.00. The first kappa shape index (κ1) is 10.4. The first-order valence-corrected chi connectivity index (χ1v) is 6.23. The molecule has 0 heterocycles. The summed E-state index contributed by atoms with van der Waals surface area (Å²) in [6, 6.07) is 1.11. The van der Waals surface area contributed by atoms with Gasteiger partial charge in [-0.3, -0.25) is 0 Å². The van der Waals surface area contributed by atoms with E-state index in [4.69, 9.17) is 5.73 Å². The number of hydrogen-bond acceptors (Lipinski definition) is 2. The van der Waals surface area contributed by atoms with Crippen molar-refractivity contribution in [1.29, 1.82) is 0 Å². The number of hydrogen-bond donors (Lipinski definition) is 1. The van der Waals surface area contributed by atoms with E-state index in [0.717, 1.165) is 5.92 Å². The Kier molecular flexibility index (Phi) is 3.45. The Morgan fingerprint density at radius 3 is 2.50 bits per heavy atom. The van der Waals surface area contributed by atoms with Crippen LogP contribution in [0, 0.1) is 5.92 Å². The van der Waals surface area contributed by atoms with Crippen molar-refractivity contribution in [3.05, 3.63) is 0 Å². The summed E-state index contributed by atoms with van der Waals surface area (Å²) in [6.45, 7) is 1.27. The van der Waals surface area contributed by atoms with Crippen molar-refractivity contribution < 1.29 is 0 Å². The van der Waals surface area contributed by atoms with Gasteiger partial charge in [0.15, 0.2) is 0 Å². The molecule has 0 spiro atoms. The molecule has 0 aromatic carbocycles. The molecule has 0 radical (unpaired) electrons. The number of nitrogens with two attached hydrogens (primary N) is 1. The van der Waals surface area contributed by atoms with Crippen molar-refractivity contribution in [3.8, 4) is 0 Å². The van der Waals surface area contributed by atoms with Crippen molar-refractivity contribution in [3.63, 3.8) is 0 Å². The fourth-order valence-corrected chi connectivity index (χ4v) is 2.65. The first-order valence-electron chi connectivity index (χ1n) is 6.23. The van der Waals surface area contributed by atoms with E-state index in [1.54, 1.807) is 0 Å². The Morgan fingerprint density at radius 2 is 1.86 bits per heavy atom. The van der Waals surface area contributed by atoms with Gasteiger partial charge >= 0.3 is 0 Å². The second-order valence-corrected chi connectivity index (χ2v) is 5.23. The Bertz CT molecular complexity index is 177. The molecule has 0 amide bonds. The summed E-state index contributed by atoms with van der Waals surface area (Å²) in [6.07, 6.45) is 9.63. The van der Waals surface area contributed by atoms with Crippen LogP contribution in [-0.4, -0.2) is 30.6 Å². The summed E-state index contributed by atoms with van der Waals surface area (Å²) in [5.41, 5.74) is 6.16. The highest BCUT2D eigenvalue weighted by Crippen LogP contribution is 2.33. The normalized spacial score (nSPS) is 33.6. The molecule has 0 aromatic heterocycles. The van der Waals surface area contributed by atoms with E-state index in [0.29, 0.717) is 12.1 Å². The van der Waals surface area contributed by atoms with Gasteiger partial charge in [0.05, 0.1) is 0 Å². The van der Waals surface area contributed by atoms with E-state index in [9.17, 15) is 0 Å². The molecule has 2 atom stereocenters. The third-order valence-electron chi connectivity index (χ3n) is 3.93. The number of rotatable bonds is 4. The third-order valence-corrected chi connectivity index (χ3v) is 3.93. The van der Waals surface area contributed by atoms with Gasteiger partial charge in [0.1, 0.15) is 0 Å². The lowest BCUT2D eigenvalue weighted by Crippen LogP contribution is -2.48. The van der Waals surface area contributed by atoms with E-state index < -0.39 is 0 Å². The number of nitrogens with zero attached hydrogens (tertiary/aromatic N) is 1. The maximum Gasteiger partial charge on any atom is 0.0244 e. The maximum atomic E-state index is 6.16. The summed E-state index contributed by atoms with van der Waals surface area (Å²) >= 11 is 0. The van der Waals surface area contributed by atoms with Gasteiger partial charge in [0, 0.05) is 12.1 Å². The summed E-state index contributed by atoms with van der Waals surface area (Å²) < 4.78 is 0. The van der Waals surface area contributed by atoms with Crippen molar-refractivity contribution in [1.82, 2.24) is 4.90 Å². The number of likely N-dealkylation sites (N-methyl/N-ethyl adjacent to an activating group) is 1. The predicted octanol–water partition coefficient (Wildman–Crippen LogP) is 1.99. The smallest absolute Gasteiger partial charge is 0.0244 e. The van der Waals surface area contributed by atoms with Gasteiger partial charge in [-0.2, -0.15) is 0 Å². The fourth-order valence-electron chi connectivity index (χ4n) is 2.65. The molecule has 2 saturated carbocycles. The Morgan fingerprint density at radius 1 is 1.14 bits per heavy atom. The Balaban J connectivity index is 1.73. The molecule has 2 unspecified atom stereocenters. The molecule has 0 aromatic rings. The van der Waals surface area contributed by atoms with Crippen LogP contribution in [-0.2, 0) is 0 Å². The van der Waals surface area contributed by atoms with Crippen LogP contribution in [0.25, 0.3) is 0 Å². The zero-order valence-corrected chi connectivity index (χ0v) is 9.41. The van der Waals surface area contributed by atoms with Crippen LogP contribution in [0.2, 0.25) is 0 Å². The molecule has 2 aliphatic rings. The largest absolute Gasteiger partial charge is 0.326 e. The van der Waals surface area contributed by atoms with Crippen LogP contribution >= 0.6 is 0 Å². The van der Waals surface area contributed by atoms with Crippen LogP contribution in [0.15, 0.2) is 0 Å². The molecule has 2 N–H and O–H groups in total.